The lowest BCUT2D eigenvalue weighted by Gasteiger charge is -2.48. The van der Waals surface area contributed by atoms with Crippen LogP contribution in [0.2, 0.25) is 0 Å². The van der Waals surface area contributed by atoms with Crippen LogP contribution < -0.4 is 4.90 Å². The van der Waals surface area contributed by atoms with Crippen LogP contribution >= 0.6 is 0 Å². The summed E-state index contributed by atoms with van der Waals surface area (Å²) in [6.45, 7) is 7.57. The Balaban J connectivity index is 1.20. The summed E-state index contributed by atoms with van der Waals surface area (Å²) in [7, 11) is 0. The minimum atomic E-state index is -0.346. The number of pyridine rings is 2. The SMILES string of the molecule is CCOC(=O)N1CC2(CC[C@@H](N3CCN(c4ncc(F)cc4-c4ccccn4)CC3)C2)C1. The molecule has 32 heavy (non-hydrogen) atoms. The summed E-state index contributed by atoms with van der Waals surface area (Å²) >= 11 is 0. The lowest BCUT2D eigenvalue weighted by molar-refractivity contribution is -0.00294. The maximum atomic E-state index is 13.9. The monoisotopic (exact) mass is 439 g/mol. The first-order valence-electron chi connectivity index (χ1n) is 11.5. The topological polar surface area (TPSA) is 61.8 Å². The van der Waals surface area contributed by atoms with Crippen molar-refractivity contribution in [3.05, 3.63) is 42.5 Å². The van der Waals surface area contributed by atoms with Gasteiger partial charge in [-0.2, -0.15) is 0 Å². The molecule has 5 rings (SSSR count). The molecule has 1 atom stereocenters. The van der Waals surface area contributed by atoms with E-state index in [1.54, 1.807) is 6.20 Å². The number of hydrogen-bond donors (Lipinski definition) is 0. The largest absolute Gasteiger partial charge is 0.450 e. The quantitative estimate of drug-likeness (QED) is 0.728. The van der Waals surface area contributed by atoms with Gasteiger partial charge in [0.2, 0.25) is 0 Å². The van der Waals surface area contributed by atoms with Gasteiger partial charge in [0, 0.05) is 62.5 Å². The maximum absolute atomic E-state index is 13.9. The Labute approximate surface area is 188 Å². The van der Waals surface area contributed by atoms with Crippen LogP contribution in [0.4, 0.5) is 15.0 Å². The fourth-order valence-corrected chi connectivity index (χ4v) is 5.58. The first kappa shape index (κ1) is 21.1. The molecular formula is C24H30FN5O2. The summed E-state index contributed by atoms with van der Waals surface area (Å²) < 4.78 is 19.1. The van der Waals surface area contributed by atoms with Gasteiger partial charge in [0.1, 0.15) is 11.6 Å². The molecule has 170 valence electrons. The van der Waals surface area contributed by atoms with Crippen molar-refractivity contribution in [1.82, 2.24) is 19.8 Å². The predicted molar refractivity (Wildman–Crippen MR) is 120 cm³/mol. The van der Waals surface area contributed by atoms with Crippen molar-refractivity contribution < 1.29 is 13.9 Å². The van der Waals surface area contributed by atoms with Crippen LogP contribution in [-0.2, 0) is 4.74 Å². The second-order valence-corrected chi connectivity index (χ2v) is 9.21. The summed E-state index contributed by atoms with van der Waals surface area (Å²) in [5.74, 6) is 0.457. The Morgan fingerprint density at radius 3 is 2.75 bits per heavy atom. The number of amides is 1. The number of anilines is 1. The second-order valence-electron chi connectivity index (χ2n) is 9.21. The Kier molecular flexibility index (Phi) is 5.71. The minimum Gasteiger partial charge on any atom is -0.450 e. The van der Waals surface area contributed by atoms with Gasteiger partial charge in [0.25, 0.3) is 0 Å². The zero-order valence-corrected chi connectivity index (χ0v) is 18.5. The fourth-order valence-electron chi connectivity index (χ4n) is 5.58. The van der Waals surface area contributed by atoms with Crippen LogP contribution in [0.1, 0.15) is 26.2 Å². The van der Waals surface area contributed by atoms with Gasteiger partial charge in [-0.3, -0.25) is 9.88 Å². The number of carbonyl (C=O) groups is 1. The summed E-state index contributed by atoms with van der Waals surface area (Å²) in [4.78, 5) is 27.4. The van der Waals surface area contributed by atoms with Gasteiger partial charge >= 0.3 is 6.09 Å². The van der Waals surface area contributed by atoms with Gasteiger partial charge < -0.3 is 14.5 Å². The fraction of sp³-hybridized carbons (Fsp3) is 0.542. The molecule has 1 amide bonds. The van der Waals surface area contributed by atoms with E-state index in [2.05, 4.69) is 19.8 Å². The molecule has 0 bridgehead atoms. The van der Waals surface area contributed by atoms with E-state index in [9.17, 15) is 9.18 Å². The van der Waals surface area contributed by atoms with Crippen LogP contribution in [0.3, 0.4) is 0 Å². The van der Waals surface area contributed by atoms with Gasteiger partial charge in [-0.1, -0.05) is 6.07 Å². The van der Waals surface area contributed by atoms with Crippen molar-refractivity contribution in [2.45, 2.75) is 32.2 Å². The van der Waals surface area contributed by atoms with Crippen LogP contribution in [0.5, 0.6) is 0 Å². The average molecular weight is 440 g/mol. The smallest absolute Gasteiger partial charge is 0.409 e. The molecule has 4 heterocycles. The van der Waals surface area contributed by atoms with E-state index in [0.29, 0.717) is 12.6 Å². The molecule has 1 spiro atoms. The first-order valence-corrected chi connectivity index (χ1v) is 11.5. The van der Waals surface area contributed by atoms with Crippen molar-refractivity contribution in [2.75, 3.05) is 50.8 Å². The number of carbonyl (C=O) groups excluding carboxylic acids is 1. The van der Waals surface area contributed by atoms with Gasteiger partial charge in [-0.25, -0.2) is 14.2 Å². The Morgan fingerprint density at radius 1 is 1.22 bits per heavy atom. The van der Waals surface area contributed by atoms with Gasteiger partial charge in [0.05, 0.1) is 18.5 Å². The number of hydrogen-bond acceptors (Lipinski definition) is 6. The summed E-state index contributed by atoms with van der Waals surface area (Å²) in [6, 6.07) is 7.76. The highest BCUT2D eigenvalue weighted by Gasteiger charge is 2.51. The number of piperazine rings is 1. The van der Waals surface area contributed by atoms with E-state index in [0.717, 1.165) is 62.8 Å². The molecule has 3 aliphatic rings. The molecule has 0 radical (unpaired) electrons. The normalized spacial score (nSPS) is 22.8. The molecule has 0 aromatic carbocycles. The Morgan fingerprint density at radius 2 is 2.03 bits per heavy atom. The van der Waals surface area contributed by atoms with Gasteiger partial charge in [-0.15, -0.1) is 0 Å². The van der Waals surface area contributed by atoms with Crippen molar-refractivity contribution in [3.8, 4) is 11.3 Å². The van der Waals surface area contributed by atoms with Crippen LogP contribution in [0.25, 0.3) is 11.3 Å². The highest BCUT2D eigenvalue weighted by atomic mass is 19.1. The van der Waals surface area contributed by atoms with E-state index in [-0.39, 0.29) is 17.3 Å². The van der Waals surface area contributed by atoms with Crippen LogP contribution in [0, 0.1) is 11.2 Å². The van der Waals surface area contributed by atoms with E-state index in [1.165, 1.54) is 25.1 Å². The molecule has 1 saturated carbocycles. The number of aromatic nitrogens is 2. The molecule has 2 aliphatic heterocycles. The Hall–Kier alpha value is -2.74. The Bertz CT molecular complexity index is 958. The molecule has 2 aromatic rings. The standard InChI is InChI=1S/C24H30FN5O2/c1-2-32-23(31)30-16-24(17-30)7-6-19(14-24)28-9-11-29(12-10-28)22-20(13-18(25)15-27-22)21-5-3-4-8-26-21/h3-5,8,13,15,19H,2,6-7,9-12,14,16-17H2,1H3/t19-/m1/s1. The van der Waals surface area contributed by atoms with Gasteiger partial charge in [0.15, 0.2) is 0 Å². The van der Waals surface area contributed by atoms with E-state index >= 15 is 0 Å². The molecule has 8 heteroatoms. The summed E-state index contributed by atoms with van der Waals surface area (Å²) in [6.07, 6.45) is 6.35. The third-order valence-corrected chi connectivity index (χ3v) is 7.16. The average Bonchev–Trinajstić information content (AvgIpc) is 3.25. The molecule has 0 unspecified atom stereocenters. The molecule has 0 N–H and O–H groups in total. The first-order chi connectivity index (χ1) is 15.6. The second kappa shape index (κ2) is 8.65. The lowest BCUT2D eigenvalue weighted by Crippen LogP contribution is -2.58. The van der Waals surface area contributed by atoms with E-state index in [4.69, 9.17) is 4.74 Å². The summed E-state index contributed by atoms with van der Waals surface area (Å²) in [5.41, 5.74) is 1.76. The highest BCUT2D eigenvalue weighted by molar-refractivity contribution is 5.73. The van der Waals surface area contributed by atoms with Crippen molar-refractivity contribution in [3.63, 3.8) is 0 Å². The molecular weight excluding hydrogens is 409 g/mol. The third kappa shape index (κ3) is 4.03. The number of ether oxygens (including phenoxy) is 1. The van der Waals surface area contributed by atoms with E-state index < -0.39 is 0 Å². The summed E-state index contributed by atoms with van der Waals surface area (Å²) in [5, 5.41) is 0. The van der Waals surface area contributed by atoms with Gasteiger partial charge in [-0.05, 0) is 44.4 Å². The van der Waals surface area contributed by atoms with Crippen LogP contribution in [-0.4, -0.2) is 77.8 Å². The minimum absolute atomic E-state index is 0.175. The van der Waals surface area contributed by atoms with Crippen molar-refractivity contribution >= 4 is 11.9 Å². The van der Waals surface area contributed by atoms with Crippen LogP contribution in [0.15, 0.2) is 36.7 Å². The highest BCUT2D eigenvalue weighted by Crippen LogP contribution is 2.47. The number of halogens is 1. The third-order valence-electron chi connectivity index (χ3n) is 7.16. The zero-order valence-electron chi connectivity index (χ0n) is 18.5. The van der Waals surface area contributed by atoms with Crippen molar-refractivity contribution in [2.24, 2.45) is 5.41 Å². The molecule has 2 aromatic heterocycles. The maximum Gasteiger partial charge on any atom is 0.409 e. The van der Waals surface area contributed by atoms with Crippen molar-refractivity contribution in [1.29, 1.82) is 0 Å². The van der Waals surface area contributed by atoms with E-state index in [1.807, 2.05) is 30.0 Å². The number of rotatable bonds is 4. The lowest BCUT2D eigenvalue weighted by atomic mass is 9.78. The predicted octanol–water partition coefficient (Wildman–Crippen LogP) is 3.42. The molecule has 7 nitrogen and oxygen atoms in total. The molecule has 1 aliphatic carbocycles. The molecule has 3 fully saturated rings. The zero-order chi connectivity index (χ0) is 22.1. The number of nitrogens with zero attached hydrogens (tertiary/aromatic N) is 5. The molecule has 2 saturated heterocycles. The number of likely N-dealkylation sites (tertiary alicyclic amines) is 1.